The minimum Gasteiger partial charge on any atom is -0.436 e. The molecule has 3 aromatic rings. The number of halogens is 1. The first kappa shape index (κ1) is 31.7. The van der Waals surface area contributed by atoms with E-state index in [0.29, 0.717) is 56.6 Å². The van der Waals surface area contributed by atoms with Crippen molar-refractivity contribution in [1.82, 2.24) is 34.7 Å². The maximum absolute atomic E-state index is 14.0. The standard InChI is InChI=1S/C34H43ClN8O4/c1-39-10-6-26(7-11-39)40-14-16-41(17-15-40)32(44)30(20-23-18-25-21-36-38-31(25)28(35)19-23)47-34(46)42-12-8-27(9-13-42)43-22-24-4-2-3-5-29(24)37-33(43)45/h2-5,18-19,21,26-27,30H,6-17,20,22H2,1H3,(H,36,38)(H,37,45)/t30-/m1/s1. The highest BCUT2D eigenvalue weighted by Gasteiger charge is 2.36. The Hall–Kier alpha value is -3.87. The molecule has 0 saturated carbocycles. The van der Waals surface area contributed by atoms with Crippen molar-refractivity contribution in [2.45, 2.75) is 56.8 Å². The smallest absolute Gasteiger partial charge is 0.410 e. The number of amides is 4. The molecule has 2 N–H and O–H groups in total. The van der Waals surface area contributed by atoms with Crippen molar-refractivity contribution in [1.29, 1.82) is 0 Å². The van der Waals surface area contributed by atoms with E-state index in [1.165, 1.54) is 0 Å². The van der Waals surface area contributed by atoms with E-state index in [4.69, 9.17) is 16.3 Å². The number of ether oxygens (including phenoxy) is 1. The van der Waals surface area contributed by atoms with Crippen LogP contribution in [-0.2, 0) is 22.5 Å². The Morgan fingerprint density at radius 1 is 0.957 bits per heavy atom. The number of hydrogen-bond acceptors (Lipinski definition) is 7. The third-order valence-corrected chi connectivity index (χ3v) is 10.7. The number of para-hydroxylation sites is 1. The van der Waals surface area contributed by atoms with Gasteiger partial charge in [-0.15, -0.1) is 0 Å². The third kappa shape index (κ3) is 6.90. The zero-order valence-electron chi connectivity index (χ0n) is 26.9. The van der Waals surface area contributed by atoms with Crippen LogP contribution >= 0.6 is 11.6 Å². The predicted molar refractivity (Wildman–Crippen MR) is 179 cm³/mol. The summed E-state index contributed by atoms with van der Waals surface area (Å²) >= 11 is 6.53. The molecule has 47 heavy (non-hydrogen) atoms. The Morgan fingerprint density at radius 2 is 1.68 bits per heavy atom. The molecule has 12 nitrogen and oxygen atoms in total. The largest absolute Gasteiger partial charge is 0.436 e. The van der Waals surface area contributed by atoms with Gasteiger partial charge in [0.2, 0.25) is 0 Å². The molecule has 1 atom stereocenters. The van der Waals surface area contributed by atoms with Gasteiger partial charge in [-0.25, -0.2) is 9.59 Å². The average Bonchev–Trinajstić information content (AvgIpc) is 3.57. The van der Waals surface area contributed by atoms with Crippen molar-refractivity contribution in [3.63, 3.8) is 0 Å². The molecule has 5 heterocycles. The number of likely N-dealkylation sites (tertiary alicyclic amines) is 2. The summed E-state index contributed by atoms with van der Waals surface area (Å²) in [6, 6.07) is 12.0. The van der Waals surface area contributed by atoms with Gasteiger partial charge in [-0.3, -0.25) is 14.8 Å². The zero-order chi connectivity index (χ0) is 32.5. The number of rotatable bonds is 6. The number of aromatic nitrogens is 2. The topological polar surface area (TPSA) is 117 Å². The highest BCUT2D eigenvalue weighted by molar-refractivity contribution is 6.35. The van der Waals surface area contributed by atoms with Crippen LogP contribution in [0.5, 0.6) is 0 Å². The first-order chi connectivity index (χ1) is 22.8. The average molecular weight is 663 g/mol. The van der Waals surface area contributed by atoms with Gasteiger partial charge in [0.15, 0.2) is 6.10 Å². The minimum absolute atomic E-state index is 0.00882. The number of urea groups is 1. The second-order valence-corrected chi connectivity index (χ2v) is 13.7. The molecular formula is C34H43ClN8O4. The van der Waals surface area contributed by atoms with E-state index in [0.717, 1.165) is 66.7 Å². The fraction of sp³-hybridized carbons (Fsp3) is 0.529. The van der Waals surface area contributed by atoms with E-state index in [1.54, 1.807) is 11.1 Å². The Labute approximate surface area is 279 Å². The fourth-order valence-electron chi connectivity index (χ4n) is 7.53. The number of hydrogen-bond donors (Lipinski definition) is 2. The number of fused-ring (bicyclic) bond motifs is 2. The summed E-state index contributed by atoms with van der Waals surface area (Å²) < 4.78 is 6.06. The zero-order valence-corrected chi connectivity index (χ0v) is 27.6. The Morgan fingerprint density at radius 3 is 2.45 bits per heavy atom. The van der Waals surface area contributed by atoms with Crippen LogP contribution in [0.25, 0.3) is 10.9 Å². The summed E-state index contributed by atoms with van der Waals surface area (Å²) in [7, 11) is 2.17. The van der Waals surface area contributed by atoms with Gasteiger partial charge in [0.25, 0.3) is 5.91 Å². The predicted octanol–water partition coefficient (Wildman–Crippen LogP) is 4.01. The number of carbonyl (C=O) groups excluding carboxylic acids is 3. The molecule has 2 aromatic carbocycles. The van der Waals surface area contributed by atoms with E-state index in [2.05, 4.69) is 32.4 Å². The van der Waals surface area contributed by atoms with Crippen LogP contribution in [0.2, 0.25) is 5.02 Å². The second-order valence-electron chi connectivity index (χ2n) is 13.3. The first-order valence-corrected chi connectivity index (χ1v) is 17.1. The lowest BCUT2D eigenvalue weighted by Gasteiger charge is -2.43. The van der Waals surface area contributed by atoms with E-state index < -0.39 is 12.2 Å². The Balaban J connectivity index is 1.00. The molecule has 4 amide bonds. The van der Waals surface area contributed by atoms with Crippen molar-refractivity contribution in [3.05, 3.63) is 58.7 Å². The molecule has 4 aliphatic rings. The molecule has 7 rings (SSSR count). The molecule has 0 radical (unpaired) electrons. The second kappa shape index (κ2) is 13.7. The molecule has 0 aliphatic carbocycles. The molecular weight excluding hydrogens is 620 g/mol. The van der Waals surface area contributed by atoms with E-state index >= 15 is 0 Å². The number of carbonyl (C=O) groups is 3. The van der Waals surface area contributed by atoms with Gasteiger partial charge < -0.3 is 29.7 Å². The number of benzene rings is 2. The molecule has 250 valence electrons. The molecule has 1 aromatic heterocycles. The minimum atomic E-state index is -0.986. The highest BCUT2D eigenvalue weighted by atomic mass is 35.5. The molecule has 13 heteroatoms. The van der Waals surface area contributed by atoms with Crippen LogP contribution in [0, 0.1) is 0 Å². The summed E-state index contributed by atoms with van der Waals surface area (Å²) in [5.41, 5.74) is 3.46. The number of piperazine rings is 1. The monoisotopic (exact) mass is 662 g/mol. The van der Waals surface area contributed by atoms with Crippen LogP contribution in [0.1, 0.15) is 36.8 Å². The van der Waals surface area contributed by atoms with Crippen molar-refractivity contribution in [2.24, 2.45) is 0 Å². The van der Waals surface area contributed by atoms with Crippen LogP contribution < -0.4 is 5.32 Å². The van der Waals surface area contributed by atoms with Crippen LogP contribution in [-0.4, -0.2) is 130 Å². The number of aromatic amines is 1. The number of anilines is 1. The van der Waals surface area contributed by atoms with Gasteiger partial charge in [0.05, 0.1) is 16.7 Å². The van der Waals surface area contributed by atoms with Gasteiger partial charge >= 0.3 is 12.1 Å². The molecule has 0 unspecified atom stereocenters. The lowest BCUT2D eigenvalue weighted by Crippen LogP contribution is -2.56. The highest BCUT2D eigenvalue weighted by Crippen LogP contribution is 2.29. The Bertz CT molecular complexity index is 1610. The molecule has 3 saturated heterocycles. The Kier molecular flexibility index (Phi) is 9.24. The summed E-state index contributed by atoms with van der Waals surface area (Å²) in [5.74, 6) is -0.177. The number of nitrogens with one attached hydrogen (secondary N) is 2. The van der Waals surface area contributed by atoms with Crippen LogP contribution in [0.4, 0.5) is 15.3 Å². The fourth-order valence-corrected chi connectivity index (χ4v) is 7.82. The van der Waals surface area contributed by atoms with E-state index in [1.807, 2.05) is 46.2 Å². The molecule has 0 spiro atoms. The number of piperidine rings is 2. The normalized spacial score (nSPS) is 21.1. The van der Waals surface area contributed by atoms with Crippen LogP contribution in [0.15, 0.2) is 42.6 Å². The number of H-pyrrole nitrogens is 1. The molecule has 3 fully saturated rings. The molecule has 4 aliphatic heterocycles. The van der Waals surface area contributed by atoms with Crippen molar-refractivity contribution in [2.75, 3.05) is 64.7 Å². The maximum Gasteiger partial charge on any atom is 0.410 e. The van der Waals surface area contributed by atoms with Gasteiger partial charge in [0.1, 0.15) is 0 Å². The third-order valence-electron chi connectivity index (χ3n) is 10.4. The lowest BCUT2D eigenvalue weighted by molar-refractivity contribution is -0.143. The van der Waals surface area contributed by atoms with Gasteiger partial charge in [-0.2, -0.15) is 5.10 Å². The van der Waals surface area contributed by atoms with Crippen LogP contribution in [0.3, 0.4) is 0 Å². The lowest BCUT2D eigenvalue weighted by atomic mass is 10.0. The quantitative estimate of drug-likeness (QED) is 0.410. The van der Waals surface area contributed by atoms with E-state index in [-0.39, 0.29) is 24.4 Å². The van der Waals surface area contributed by atoms with Crippen molar-refractivity contribution >= 4 is 46.2 Å². The summed E-state index contributed by atoms with van der Waals surface area (Å²) in [5, 5.41) is 11.3. The maximum atomic E-state index is 14.0. The first-order valence-electron chi connectivity index (χ1n) is 16.8. The van der Waals surface area contributed by atoms with E-state index in [9.17, 15) is 14.4 Å². The summed E-state index contributed by atoms with van der Waals surface area (Å²) in [6.07, 6.45) is 3.98. The van der Waals surface area contributed by atoms with Gasteiger partial charge in [-0.1, -0.05) is 29.8 Å². The van der Waals surface area contributed by atoms with Gasteiger partial charge in [0, 0.05) is 75.4 Å². The summed E-state index contributed by atoms with van der Waals surface area (Å²) in [4.78, 5) is 50.8. The molecule has 0 bridgehead atoms. The SMILES string of the molecule is CN1CCC(N2CCN(C(=O)[C@@H](Cc3cc(Cl)c4[nH]ncc4c3)OC(=O)N3CCC(N4Cc5ccccc5NC4=O)CC3)CC2)CC1. The summed E-state index contributed by atoms with van der Waals surface area (Å²) in [6.45, 7) is 6.47. The van der Waals surface area contributed by atoms with Crippen molar-refractivity contribution < 1.29 is 19.1 Å². The van der Waals surface area contributed by atoms with Crippen molar-refractivity contribution in [3.8, 4) is 0 Å². The van der Waals surface area contributed by atoms with Gasteiger partial charge in [-0.05, 0) is 75.1 Å². The number of nitrogens with zero attached hydrogens (tertiary/aromatic N) is 6.